The molecule has 1 amide bonds. The Balaban J connectivity index is 1.69. The minimum atomic E-state index is -0.434. The number of hydrogen-bond acceptors (Lipinski definition) is 5. The third-order valence-electron chi connectivity index (χ3n) is 3.86. The van der Waals surface area contributed by atoms with Gasteiger partial charge in [0.2, 0.25) is 11.1 Å². The van der Waals surface area contributed by atoms with E-state index in [2.05, 4.69) is 15.5 Å². The molecule has 0 atom stereocenters. The lowest BCUT2D eigenvalue weighted by Gasteiger charge is -2.11. The van der Waals surface area contributed by atoms with Gasteiger partial charge >= 0.3 is 0 Å². The molecule has 3 aromatic rings. The van der Waals surface area contributed by atoms with Crippen LogP contribution in [0.3, 0.4) is 0 Å². The number of nitrogens with one attached hydrogen (secondary N) is 1. The first-order valence-corrected chi connectivity index (χ1v) is 8.90. The van der Waals surface area contributed by atoms with Gasteiger partial charge in [-0.3, -0.25) is 4.79 Å². The topological polar surface area (TPSA) is 85.8 Å². The summed E-state index contributed by atoms with van der Waals surface area (Å²) in [5.74, 6) is 5.67. The van der Waals surface area contributed by atoms with Crippen molar-refractivity contribution in [3.05, 3.63) is 59.4 Å². The number of anilines is 1. The number of carbonyl (C=O) groups excluding carboxylic acids is 1. The number of para-hydroxylation sites is 1. The molecule has 0 unspecified atom stereocenters. The predicted octanol–water partition coefficient (Wildman–Crippen LogP) is 3.15. The second-order valence-electron chi connectivity index (χ2n) is 5.76. The fourth-order valence-electron chi connectivity index (χ4n) is 2.52. The number of aromatic nitrogens is 3. The Hall–Kier alpha value is -2.87. The molecule has 0 spiro atoms. The normalized spacial score (nSPS) is 10.7. The molecule has 0 bridgehead atoms. The Morgan fingerprint density at radius 1 is 1.15 bits per heavy atom. The molecule has 8 heteroatoms. The number of carbonyl (C=O) groups is 1. The van der Waals surface area contributed by atoms with E-state index in [1.165, 1.54) is 10.7 Å². The number of thioether (sulfide) groups is 1. The van der Waals surface area contributed by atoms with Gasteiger partial charge in [-0.15, -0.1) is 10.2 Å². The van der Waals surface area contributed by atoms with E-state index in [1.54, 1.807) is 18.2 Å². The van der Waals surface area contributed by atoms with Crippen molar-refractivity contribution in [3.63, 3.8) is 0 Å². The van der Waals surface area contributed by atoms with Gasteiger partial charge in [0, 0.05) is 5.69 Å². The standard InChI is InChI=1S/C18H18FN5OS/c1-11-6-5-7-12(2)16(11)21-15(25)10-26-18-23-22-17(24(18)20)13-8-3-4-9-14(13)19/h3-9H,10,20H2,1-2H3,(H,21,25). The molecule has 1 heterocycles. The largest absolute Gasteiger partial charge is 0.335 e. The molecule has 2 aromatic carbocycles. The molecule has 0 radical (unpaired) electrons. The lowest BCUT2D eigenvalue weighted by molar-refractivity contribution is -0.113. The molecule has 0 saturated heterocycles. The van der Waals surface area contributed by atoms with Gasteiger partial charge in [0.25, 0.3) is 0 Å². The molecule has 0 aliphatic carbocycles. The third kappa shape index (κ3) is 3.70. The fourth-order valence-corrected chi connectivity index (χ4v) is 3.18. The summed E-state index contributed by atoms with van der Waals surface area (Å²) in [6.07, 6.45) is 0. The molecule has 6 nitrogen and oxygen atoms in total. The molecule has 0 saturated carbocycles. The highest BCUT2D eigenvalue weighted by molar-refractivity contribution is 7.99. The average Bonchev–Trinajstić information content (AvgIpc) is 2.97. The SMILES string of the molecule is Cc1cccc(C)c1NC(=O)CSc1nnc(-c2ccccc2F)n1N. The maximum absolute atomic E-state index is 13.9. The van der Waals surface area contributed by atoms with Gasteiger partial charge in [0.05, 0.1) is 11.3 Å². The van der Waals surface area contributed by atoms with Crippen LogP contribution in [0.2, 0.25) is 0 Å². The second-order valence-corrected chi connectivity index (χ2v) is 6.70. The Morgan fingerprint density at radius 3 is 2.54 bits per heavy atom. The Kier molecular flexibility index (Phi) is 5.22. The van der Waals surface area contributed by atoms with E-state index in [-0.39, 0.29) is 23.0 Å². The first-order valence-electron chi connectivity index (χ1n) is 7.91. The minimum absolute atomic E-state index is 0.111. The number of benzene rings is 2. The predicted molar refractivity (Wildman–Crippen MR) is 101 cm³/mol. The summed E-state index contributed by atoms with van der Waals surface area (Å²) >= 11 is 1.14. The van der Waals surface area contributed by atoms with Crippen LogP contribution < -0.4 is 11.2 Å². The molecule has 134 valence electrons. The zero-order valence-electron chi connectivity index (χ0n) is 14.4. The molecular weight excluding hydrogens is 353 g/mol. The van der Waals surface area contributed by atoms with Gasteiger partial charge in [-0.25, -0.2) is 9.07 Å². The fraction of sp³-hybridized carbons (Fsp3) is 0.167. The number of amides is 1. The molecule has 3 rings (SSSR count). The van der Waals surface area contributed by atoms with Gasteiger partial charge in [0.15, 0.2) is 5.82 Å². The summed E-state index contributed by atoms with van der Waals surface area (Å²) in [5.41, 5.74) is 3.05. The minimum Gasteiger partial charge on any atom is -0.335 e. The van der Waals surface area contributed by atoms with Crippen LogP contribution in [0.4, 0.5) is 10.1 Å². The summed E-state index contributed by atoms with van der Waals surface area (Å²) in [7, 11) is 0. The van der Waals surface area contributed by atoms with Crippen LogP contribution in [0, 0.1) is 19.7 Å². The van der Waals surface area contributed by atoms with Crippen LogP contribution in [0.25, 0.3) is 11.4 Å². The summed E-state index contributed by atoms with van der Waals surface area (Å²) in [4.78, 5) is 12.2. The van der Waals surface area contributed by atoms with Crippen LogP contribution >= 0.6 is 11.8 Å². The molecule has 0 aliphatic heterocycles. The van der Waals surface area contributed by atoms with Crippen LogP contribution in [0.5, 0.6) is 0 Å². The summed E-state index contributed by atoms with van der Waals surface area (Å²) in [5, 5.41) is 11.1. The maximum Gasteiger partial charge on any atom is 0.234 e. The zero-order chi connectivity index (χ0) is 18.7. The Morgan fingerprint density at radius 2 is 1.85 bits per heavy atom. The number of nitrogens with two attached hydrogens (primary N) is 1. The zero-order valence-corrected chi connectivity index (χ0v) is 15.2. The molecule has 3 N–H and O–H groups in total. The van der Waals surface area contributed by atoms with E-state index in [1.807, 2.05) is 32.0 Å². The van der Waals surface area contributed by atoms with Crippen molar-refractivity contribution in [1.29, 1.82) is 0 Å². The molecule has 26 heavy (non-hydrogen) atoms. The first kappa shape index (κ1) is 17.9. The number of halogens is 1. The van der Waals surface area contributed by atoms with Gasteiger partial charge < -0.3 is 11.2 Å². The number of nitrogen functional groups attached to an aromatic ring is 1. The molecule has 0 fully saturated rings. The van der Waals surface area contributed by atoms with Gasteiger partial charge in [-0.2, -0.15) is 0 Å². The highest BCUT2D eigenvalue weighted by Gasteiger charge is 2.16. The van der Waals surface area contributed by atoms with Crippen molar-refractivity contribution in [3.8, 4) is 11.4 Å². The summed E-state index contributed by atoms with van der Waals surface area (Å²) in [6.45, 7) is 3.87. The van der Waals surface area contributed by atoms with E-state index >= 15 is 0 Å². The van der Waals surface area contributed by atoms with E-state index in [9.17, 15) is 9.18 Å². The highest BCUT2D eigenvalue weighted by Crippen LogP contribution is 2.24. The average molecular weight is 371 g/mol. The Labute approximate surface area is 154 Å². The van der Waals surface area contributed by atoms with Crippen LogP contribution in [0.15, 0.2) is 47.6 Å². The van der Waals surface area contributed by atoms with Crippen molar-refractivity contribution in [1.82, 2.24) is 14.9 Å². The number of rotatable bonds is 5. The van der Waals surface area contributed by atoms with Crippen molar-refractivity contribution in [2.45, 2.75) is 19.0 Å². The van der Waals surface area contributed by atoms with E-state index in [0.717, 1.165) is 28.6 Å². The van der Waals surface area contributed by atoms with Crippen molar-refractivity contribution < 1.29 is 9.18 Å². The summed E-state index contributed by atoms with van der Waals surface area (Å²) in [6, 6.07) is 12.0. The first-order chi connectivity index (χ1) is 12.5. The maximum atomic E-state index is 13.9. The van der Waals surface area contributed by atoms with Crippen molar-refractivity contribution >= 4 is 23.4 Å². The van der Waals surface area contributed by atoms with Crippen molar-refractivity contribution in [2.24, 2.45) is 0 Å². The molecule has 1 aromatic heterocycles. The van der Waals surface area contributed by atoms with Crippen LogP contribution in [-0.4, -0.2) is 26.5 Å². The van der Waals surface area contributed by atoms with Gasteiger partial charge in [-0.05, 0) is 37.1 Å². The third-order valence-corrected chi connectivity index (χ3v) is 4.80. The number of nitrogens with zero attached hydrogens (tertiary/aromatic N) is 3. The molecular formula is C18H18FN5OS. The monoisotopic (exact) mass is 371 g/mol. The van der Waals surface area contributed by atoms with Crippen molar-refractivity contribution in [2.75, 3.05) is 16.9 Å². The smallest absolute Gasteiger partial charge is 0.234 e. The van der Waals surface area contributed by atoms with E-state index < -0.39 is 5.82 Å². The quantitative estimate of drug-likeness (QED) is 0.532. The van der Waals surface area contributed by atoms with E-state index in [0.29, 0.717) is 5.16 Å². The lowest BCUT2D eigenvalue weighted by atomic mass is 10.1. The van der Waals surface area contributed by atoms with E-state index in [4.69, 9.17) is 5.84 Å². The lowest BCUT2D eigenvalue weighted by Crippen LogP contribution is -2.17. The van der Waals surface area contributed by atoms with Gasteiger partial charge in [-0.1, -0.05) is 42.1 Å². The summed E-state index contributed by atoms with van der Waals surface area (Å²) < 4.78 is 15.1. The Bertz CT molecular complexity index is 936. The van der Waals surface area contributed by atoms with Gasteiger partial charge in [0.1, 0.15) is 5.82 Å². The van der Waals surface area contributed by atoms with Crippen LogP contribution in [0.1, 0.15) is 11.1 Å². The highest BCUT2D eigenvalue weighted by atomic mass is 32.2. The van der Waals surface area contributed by atoms with Crippen LogP contribution in [-0.2, 0) is 4.79 Å². The second kappa shape index (κ2) is 7.57. The number of hydrogen-bond donors (Lipinski definition) is 2. The molecule has 0 aliphatic rings. The number of aryl methyl sites for hydroxylation is 2.